The second kappa shape index (κ2) is 3.96. The molecule has 84 valence electrons. The molecule has 1 aliphatic heterocycles. The number of fused-ring (bicyclic) bond motifs is 1. The lowest BCUT2D eigenvalue weighted by Gasteiger charge is -2.16. The molecule has 1 amide bonds. The lowest BCUT2D eigenvalue weighted by Crippen LogP contribution is -2.27. The molecule has 1 N–H and O–H groups in total. The van der Waals surface area contributed by atoms with Crippen LogP contribution in [-0.4, -0.2) is 23.5 Å². The number of hydrogen-bond acceptors (Lipinski definition) is 2. The molecule has 0 aromatic heterocycles. The van der Waals surface area contributed by atoms with Gasteiger partial charge in [-0.25, -0.2) is 4.79 Å². The van der Waals surface area contributed by atoms with Crippen LogP contribution in [0.5, 0.6) is 0 Å². The molecule has 4 heteroatoms. The minimum absolute atomic E-state index is 0.0429. The van der Waals surface area contributed by atoms with Gasteiger partial charge in [-0.3, -0.25) is 4.79 Å². The highest BCUT2D eigenvalue weighted by Gasteiger charge is 2.24. The summed E-state index contributed by atoms with van der Waals surface area (Å²) in [7, 11) is 0. The number of carboxylic acid groups (broad SMARTS) is 1. The molecule has 1 heterocycles. The third-order valence-electron chi connectivity index (χ3n) is 2.83. The minimum atomic E-state index is -0.960. The first-order chi connectivity index (χ1) is 7.63. The van der Waals surface area contributed by atoms with Crippen molar-refractivity contribution >= 4 is 17.6 Å². The van der Waals surface area contributed by atoms with Gasteiger partial charge in [0.1, 0.15) is 0 Å². The molecule has 0 unspecified atom stereocenters. The summed E-state index contributed by atoms with van der Waals surface area (Å²) in [6.07, 6.45) is 1.25. The van der Waals surface area contributed by atoms with E-state index in [0.29, 0.717) is 13.0 Å². The number of amides is 1. The van der Waals surface area contributed by atoms with Gasteiger partial charge in [0.25, 0.3) is 0 Å². The van der Waals surface area contributed by atoms with E-state index in [4.69, 9.17) is 5.11 Å². The summed E-state index contributed by atoms with van der Waals surface area (Å²) in [4.78, 5) is 24.1. The Morgan fingerprint density at radius 2 is 2.19 bits per heavy atom. The van der Waals surface area contributed by atoms with Gasteiger partial charge in [-0.1, -0.05) is 13.0 Å². The molecule has 0 radical (unpaired) electrons. The van der Waals surface area contributed by atoms with Gasteiger partial charge in [0, 0.05) is 18.7 Å². The molecule has 0 saturated carbocycles. The lowest BCUT2D eigenvalue weighted by molar-refractivity contribution is -0.118. The fraction of sp³-hybridized carbons (Fsp3) is 0.333. The van der Waals surface area contributed by atoms with E-state index in [0.717, 1.165) is 17.7 Å². The number of aromatic carboxylic acids is 1. The van der Waals surface area contributed by atoms with Gasteiger partial charge in [0.15, 0.2) is 0 Å². The van der Waals surface area contributed by atoms with Gasteiger partial charge >= 0.3 is 5.97 Å². The zero-order valence-electron chi connectivity index (χ0n) is 9.06. The Balaban J connectivity index is 2.40. The summed E-state index contributed by atoms with van der Waals surface area (Å²) in [5, 5.41) is 8.89. The Bertz CT molecular complexity index is 454. The summed E-state index contributed by atoms with van der Waals surface area (Å²) in [5.74, 6) is -0.917. The SMILES string of the molecule is CCC(=O)N1CCc2ccc(C(=O)O)cc21. The number of rotatable bonds is 2. The van der Waals surface area contributed by atoms with E-state index in [2.05, 4.69) is 0 Å². The molecule has 0 atom stereocenters. The monoisotopic (exact) mass is 219 g/mol. The zero-order valence-corrected chi connectivity index (χ0v) is 9.06. The van der Waals surface area contributed by atoms with E-state index in [1.165, 1.54) is 0 Å². The summed E-state index contributed by atoms with van der Waals surface area (Å²) >= 11 is 0. The van der Waals surface area contributed by atoms with Crippen molar-refractivity contribution in [2.24, 2.45) is 0 Å². The minimum Gasteiger partial charge on any atom is -0.478 e. The van der Waals surface area contributed by atoms with Gasteiger partial charge in [-0.2, -0.15) is 0 Å². The smallest absolute Gasteiger partial charge is 0.335 e. The predicted octanol–water partition coefficient (Wildman–Crippen LogP) is 1.68. The number of carbonyl (C=O) groups is 2. The van der Waals surface area contributed by atoms with Crippen LogP contribution in [0.1, 0.15) is 29.3 Å². The van der Waals surface area contributed by atoms with Gasteiger partial charge in [-0.05, 0) is 24.1 Å². The van der Waals surface area contributed by atoms with Crippen molar-refractivity contribution < 1.29 is 14.7 Å². The van der Waals surface area contributed by atoms with Crippen LogP contribution in [-0.2, 0) is 11.2 Å². The van der Waals surface area contributed by atoms with Gasteiger partial charge in [-0.15, -0.1) is 0 Å². The molecule has 0 aliphatic carbocycles. The fourth-order valence-corrected chi connectivity index (χ4v) is 1.96. The number of nitrogens with zero attached hydrogens (tertiary/aromatic N) is 1. The molecule has 1 aromatic rings. The molecular weight excluding hydrogens is 206 g/mol. The Kier molecular flexibility index (Phi) is 2.64. The number of benzene rings is 1. The summed E-state index contributed by atoms with van der Waals surface area (Å²) in [6, 6.07) is 4.96. The van der Waals surface area contributed by atoms with Crippen LogP contribution >= 0.6 is 0 Å². The molecule has 0 saturated heterocycles. The second-order valence-electron chi connectivity index (χ2n) is 3.80. The van der Waals surface area contributed by atoms with E-state index in [1.54, 1.807) is 30.0 Å². The quantitative estimate of drug-likeness (QED) is 0.823. The highest BCUT2D eigenvalue weighted by atomic mass is 16.4. The first-order valence-electron chi connectivity index (χ1n) is 5.30. The fourth-order valence-electron chi connectivity index (χ4n) is 1.96. The van der Waals surface area contributed by atoms with Crippen LogP contribution in [0.15, 0.2) is 18.2 Å². The number of carboxylic acids is 1. The first kappa shape index (κ1) is 10.7. The van der Waals surface area contributed by atoms with Gasteiger partial charge < -0.3 is 10.0 Å². The zero-order chi connectivity index (χ0) is 11.7. The number of hydrogen-bond donors (Lipinski definition) is 1. The molecule has 16 heavy (non-hydrogen) atoms. The van der Waals surface area contributed by atoms with Crippen LogP contribution in [0.25, 0.3) is 0 Å². The molecule has 4 nitrogen and oxygen atoms in total. The topological polar surface area (TPSA) is 57.6 Å². The van der Waals surface area contributed by atoms with Crippen LogP contribution in [0.2, 0.25) is 0 Å². The Hall–Kier alpha value is -1.84. The predicted molar refractivity (Wildman–Crippen MR) is 59.7 cm³/mol. The highest BCUT2D eigenvalue weighted by Crippen LogP contribution is 2.29. The maximum absolute atomic E-state index is 11.6. The van der Waals surface area contributed by atoms with E-state index < -0.39 is 5.97 Å². The molecule has 2 rings (SSSR count). The van der Waals surface area contributed by atoms with Crippen molar-refractivity contribution in [3.63, 3.8) is 0 Å². The first-order valence-corrected chi connectivity index (χ1v) is 5.30. The van der Waals surface area contributed by atoms with Gasteiger partial charge in [0.2, 0.25) is 5.91 Å². The lowest BCUT2D eigenvalue weighted by atomic mass is 10.1. The summed E-state index contributed by atoms with van der Waals surface area (Å²) in [6.45, 7) is 2.46. The average molecular weight is 219 g/mol. The highest BCUT2D eigenvalue weighted by molar-refractivity contribution is 5.97. The molecule has 0 bridgehead atoms. The third kappa shape index (κ3) is 1.66. The number of anilines is 1. The van der Waals surface area contributed by atoms with E-state index in [1.807, 2.05) is 0 Å². The Morgan fingerprint density at radius 3 is 2.81 bits per heavy atom. The Labute approximate surface area is 93.5 Å². The largest absolute Gasteiger partial charge is 0.478 e. The van der Waals surface area contributed by atoms with Crippen molar-refractivity contribution in [1.29, 1.82) is 0 Å². The van der Waals surface area contributed by atoms with Crippen LogP contribution < -0.4 is 4.90 Å². The standard InChI is InChI=1S/C12H13NO3/c1-2-11(14)13-6-5-8-3-4-9(12(15)16)7-10(8)13/h3-4,7H,2,5-6H2,1H3,(H,15,16). The van der Waals surface area contributed by atoms with Crippen LogP contribution in [0.3, 0.4) is 0 Å². The maximum Gasteiger partial charge on any atom is 0.335 e. The van der Waals surface area contributed by atoms with Crippen LogP contribution in [0.4, 0.5) is 5.69 Å². The normalized spacial score (nSPS) is 13.7. The average Bonchev–Trinajstić information content (AvgIpc) is 2.70. The third-order valence-corrected chi connectivity index (χ3v) is 2.83. The van der Waals surface area contributed by atoms with E-state index >= 15 is 0 Å². The molecular formula is C12H13NO3. The van der Waals surface area contributed by atoms with Crippen molar-refractivity contribution in [1.82, 2.24) is 0 Å². The van der Waals surface area contributed by atoms with Crippen molar-refractivity contribution in [2.75, 3.05) is 11.4 Å². The van der Waals surface area contributed by atoms with E-state index in [9.17, 15) is 9.59 Å². The van der Waals surface area contributed by atoms with Crippen molar-refractivity contribution in [2.45, 2.75) is 19.8 Å². The van der Waals surface area contributed by atoms with Crippen LogP contribution in [0, 0.1) is 0 Å². The van der Waals surface area contributed by atoms with E-state index in [-0.39, 0.29) is 11.5 Å². The summed E-state index contributed by atoms with van der Waals surface area (Å²) < 4.78 is 0. The summed E-state index contributed by atoms with van der Waals surface area (Å²) in [5.41, 5.74) is 2.04. The van der Waals surface area contributed by atoms with Gasteiger partial charge in [0.05, 0.1) is 5.56 Å². The molecule has 0 fully saturated rings. The molecule has 1 aliphatic rings. The van der Waals surface area contributed by atoms with Crippen molar-refractivity contribution in [3.8, 4) is 0 Å². The number of carbonyl (C=O) groups excluding carboxylic acids is 1. The molecule has 0 spiro atoms. The molecule has 1 aromatic carbocycles. The van der Waals surface area contributed by atoms with Crippen molar-refractivity contribution in [3.05, 3.63) is 29.3 Å². The second-order valence-corrected chi connectivity index (χ2v) is 3.80. The maximum atomic E-state index is 11.6. The Morgan fingerprint density at radius 1 is 1.44 bits per heavy atom.